The third-order valence-electron chi connectivity index (χ3n) is 2.03. The second-order valence-corrected chi connectivity index (χ2v) is 3.24. The zero-order chi connectivity index (χ0) is 12.7. The van der Waals surface area contributed by atoms with E-state index in [1.165, 1.54) is 0 Å². The SMILES string of the molecule is CCOc1cccc(NCCOC(N)=O)c1N. The Hall–Kier alpha value is -2.11. The van der Waals surface area contributed by atoms with E-state index in [2.05, 4.69) is 10.1 Å². The van der Waals surface area contributed by atoms with Crippen LogP contribution in [-0.4, -0.2) is 25.9 Å². The molecule has 0 unspecified atom stereocenters. The Morgan fingerprint density at radius 2 is 2.24 bits per heavy atom. The number of nitrogens with one attached hydrogen (secondary N) is 1. The average Bonchev–Trinajstić information content (AvgIpc) is 2.29. The van der Waals surface area contributed by atoms with Gasteiger partial charge in [0.05, 0.1) is 18.0 Å². The highest BCUT2D eigenvalue weighted by atomic mass is 16.5. The van der Waals surface area contributed by atoms with Crippen LogP contribution in [0.5, 0.6) is 5.75 Å². The standard InChI is InChI=1S/C11H17N3O3/c1-2-16-9-5-3-4-8(10(9)12)14-6-7-17-11(13)15/h3-5,14H,2,6-7,12H2,1H3,(H2,13,15). The van der Waals surface area contributed by atoms with Crippen molar-refractivity contribution in [2.45, 2.75) is 6.92 Å². The lowest BCUT2D eigenvalue weighted by molar-refractivity contribution is 0.161. The average molecular weight is 239 g/mol. The quantitative estimate of drug-likeness (QED) is 0.511. The normalized spacial score (nSPS) is 9.71. The Labute approximate surface area is 99.9 Å². The molecule has 0 aromatic heterocycles. The fourth-order valence-electron chi connectivity index (χ4n) is 1.32. The van der Waals surface area contributed by atoms with Crippen LogP contribution in [0.25, 0.3) is 0 Å². The number of benzene rings is 1. The molecule has 6 heteroatoms. The first-order valence-electron chi connectivity index (χ1n) is 5.32. The Kier molecular flexibility index (Phi) is 4.93. The van der Waals surface area contributed by atoms with Crippen molar-refractivity contribution >= 4 is 17.5 Å². The molecule has 6 nitrogen and oxygen atoms in total. The summed E-state index contributed by atoms with van der Waals surface area (Å²) in [6.45, 7) is 3.06. The summed E-state index contributed by atoms with van der Waals surface area (Å²) in [5.41, 5.74) is 12.0. The largest absolute Gasteiger partial charge is 0.492 e. The van der Waals surface area contributed by atoms with Gasteiger partial charge in [-0.3, -0.25) is 0 Å². The predicted molar refractivity (Wildman–Crippen MR) is 66.0 cm³/mol. The van der Waals surface area contributed by atoms with Crippen LogP contribution < -0.4 is 21.5 Å². The summed E-state index contributed by atoms with van der Waals surface area (Å²) >= 11 is 0. The molecular weight excluding hydrogens is 222 g/mol. The van der Waals surface area contributed by atoms with Gasteiger partial charge in [-0.05, 0) is 19.1 Å². The highest BCUT2D eigenvalue weighted by Crippen LogP contribution is 2.28. The summed E-state index contributed by atoms with van der Waals surface area (Å²) in [6.07, 6.45) is -0.789. The first-order valence-corrected chi connectivity index (χ1v) is 5.32. The molecule has 0 atom stereocenters. The van der Waals surface area contributed by atoms with Crippen LogP contribution in [-0.2, 0) is 4.74 Å². The number of primary amides is 1. The van der Waals surface area contributed by atoms with E-state index in [9.17, 15) is 4.79 Å². The van der Waals surface area contributed by atoms with Gasteiger partial charge in [-0.15, -0.1) is 0 Å². The molecule has 0 bridgehead atoms. The van der Waals surface area contributed by atoms with Gasteiger partial charge in [0.2, 0.25) is 0 Å². The number of carbonyl (C=O) groups excluding carboxylic acids is 1. The minimum absolute atomic E-state index is 0.188. The van der Waals surface area contributed by atoms with Crippen molar-refractivity contribution in [3.05, 3.63) is 18.2 Å². The molecule has 1 aromatic rings. The van der Waals surface area contributed by atoms with Gasteiger partial charge in [0.15, 0.2) is 0 Å². The van der Waals surface area contributed by atoms with E-state index in [4.69, 9.17) is 16.2 Å². The summed E-state index contributed by atoms with van der Waals surface area (Å²) in [5, 5.41) is 3.03. The molecule has 0 fully saturated rings. The molecule has 17 heavy (non-hydrogen) atoms. The number of amides is 1. The second kappa shape index (κ2) is 6.47. The van der Waals surface area contributed by atoms with Crippen molar-refractivity contribution in [1.82, 2.24) is 0 Å². The number of hydrogen-bond donors (Lipinski definition) is 3. The fourth-order valence-corrected chi connectivity index (χ4v) is 1.32. The van der Waals surface area contributed by atoms with Crippen molar-refractivity contribution in [2.75, 3.05) is 30.8 Å². The van der Waals surface area contributed by atoms with E-state index < -0.39 is 6.09 Å². The molecule has 1 amide bonds. The molecule has 1 rings (SSSR count). The summed E-state index contributed by atoms with van der Waals surface area (Å²) in [5.74, 6) is 0.633. The van der Waals surface area contributed by atoms with Crippen LogP contribution in [0, 0.1) is 0 Å². The Balaban J connectivity index is 2.53. The fraction of sp³-hybridized carbons (Fsp3) is 0.364. The lowest BCUT2D eigenvalue weighted by Crippen LogP contribution is -2.18. The number of rotatable bonds is 6. The van der Waals surface area contributed by atoms with Crippen LogP contribution in [0.2, 0.25) is 0 Å². The van der Waals surface area contributed by atoms with Gasteiger partial charge in [-0.25, -0.2) is 4.79 Å². The zero-order valence-corrected chi connectivity index (χ0v) is 9.73. The summed E-state index contributed by atoms with van der Waals surface area (Å²) < 4.78 is 9.94. The molecule has 0 aliphatic heterocycles. The maximum absolute atomic E-state index is 10.3. The molecule has 0 aliphatic carbocycles. The van der Waals surface area contributed by atoms with E-state index in [-0.39, 0.29) is 6.61 Å². The summed E-state index contributed by atoms with van der Waals surface area (Å²) in [6, 6.07) is 5.45. The number of nitrogens with two attached hydrogens (primary N) is 2. The van der Waals surface area contributed by atoms with Crippen LogP contribution in [0.4, 0.5) is 16.2 Å². The predicted octanol–water partition coefficient (Wildman–Crippen LogP) is 1.17. The number of para-hydroxylation sites is 1. The van der Waals surface area contributed by atoms with Crippen molar-refractivity contribution in [3.8, 4) is 5.75 Å². The van der Waals surface area contributed by atoms with Gasteiger partial charge in [0.1, 0.15) is 12.4 Å². The third-order valence-corrected chi connectivity index (χ3v) is 2.03. The number of carbonyl (C=O) groups is 1. The van der Waals surface area contributed by atoms with Crippen molar-refractivity contribution < 1.29 is 14.3 Å². The number of nitrogen functional groups attached to an aromatic ring is 1. The van der Waals surface area contributed by atoms with Crippen molar-refractivity contribution in [1.29, 1.82) is 0 Å². The van der Waals surface area contributed by atoms with Crippen molar-refractivity contribution in [2.24, 2.45) is 5.73 Å². The number of ether oxygens (including phenoxy) is 2. The Bertz CT molecular complexity index is 382. The van der Waals surface area contributed by atoms with Gasteiger partial charge in [-0.2, -0.15) is 0 Å². The Morgan fingerprint density at radius 3 is 2.88 bits per heavy atom. The molecule has 94 valence electrons. The highest BCUT2D eigenvalue weighted by molar-refractivity contribution is 5.73. The van der Waals surface area contributed by atoms with Gasteiger partial charge in [0.25, 0.3) is 0 Å². The summed E-state index contributed by atoms with van der Waals surface area (Å²) in [4.78, 5) is 10.3. The molecule has 0 aliphatic rings. The molecule has 0 radical (unpaired) electrons. The van der Waals surface area contributed by atoms with Crippen LogP contribution in [0.15, 0.2) is 18.2 Å². The van der Waals surface area contributed by atoms with Gasteiger partial charge < -0.3 is 26.3 Å². The van der Waals surface area contributed by atoms with E-state index in [1.54, 1.807) is 6.07 Å². The minimum Gasteiger partial charge on any atom is -0.492 e. The Morgan fingerprint density at radius 1 is 1.47 bits per heavy atom. The lowest BCUT2D eigenvalue weighted by Gasteiger charge is -2.12. The first-order chi connectivity index (χ1) is 8.15. The van der Waals surface area contributed by atoms with Gasteiger partial charge in [0, 0.05) is 6.54 Å². The van der Waals surface area contributed by atoms with Crippen molar-refractivity contribution in [3.63, 3.8) is 0 Å². The lowest BCUT2D eigenvalue weighted by atomic mass is 10.2. The third kappa shape index (κ3) is 4.10. The summed E-state index contributed by atoms with van der Waals surface area (Å²) in [7, 11) is 0. The smallest absolute Gasteiger partial charge is 0.404 e. The first kappa shape index (κ1) is 13.0. The zero-order valence-electron chi connectivity index (χ0n) is 9.73. The van der Waals surface area contributed by atoms with Gasteiger partial charge in [-0.1, -0.05) is 6.07 Å². The monoisotopic (exact) mass is 239 g/mol. The molecule has 1 aromatic carbocycles. The molecule has 0 saturated carbocycles. The molecule has 0 spiro atoms. The van der Waals surface area contributed by atoms with Crippen LogP contribution in [0.3, 0.4) is 0 Å². The molecule has 5 N–H and O–H groups in total. The van der Waals surface area contributed by atoms with Crippen LogP contribution >= 0.6 is 0 Å². The topological polar surface area (TPSA) is 99.6 Å². The number of anilines is 2. The molecule has 0 heterocycles. The van der Waals surface area contributed by atoms with E-state index in [0.717, 1.165) is 5.69 Å². The maximum atomic E-state index is 10.3. The van der Waals surface area contributed by atoms with E-state index in [0.29, 0.717) is 24.6 Å². The number of hydrogen-bond acceptors (Lipinski definition) is 5. The molecular formula is C11H17N3O3. The van der Waals surface area contributed by atoms with E-state index in [1.807, 2.05) is 19.1 Å². The second-order valence-electron chi connectivity index (χ2n) is 3.24. The minimum atomic E-state index is -0.789. The highest BCUT2D eigenvalue weighted by Gasteiger charge is 2.04. The molecule has 0 saturated heterocycles. The van der Waals surface area contributed by atoms with Gasteiger partial charge >= 0.3 is 6.09 Å². The van der Waals surface area contributed by atoms with Crippen LogP contribution in [0.1, 0.15) is 6.92 Å². The maximum Gasteiger partial charge on any atom is 0.404 e. The van der Waals surface area contributed by atoms with E-state index >= 15 is 0 Å².